The molecule has 0 saturated heterocycles. The van der Waals surface area contributed by atoms with Crippen molar-refractivity contribution in [3.05, 3.63) is 40.4 Å². The topological polar surface area (TPSA) is 68.3 Å². The highest BCUT2D eigenvalue weighted by molar-refractivity contribution is 9.10. The SMILES string of the molecule is Cc1nc(CCNC(=O)c2ccc(Br)o2)co1. The Bertz CT molecular complexity index is 518. The predicted molar refractivity (Wildman–Crippen MR) is 63.7 cm³/mol. The van der Waals surface area contributed by atoms with Gasteiger partial charge in [-0.3, -0.25) is 4.79 Å². The minimum Gasteiger partial charge on any atom is -0.449 e. The summed E-state index contributed by atoms with van der Waals surface area (Å²) in [4.78, 5) is 15.7. The molecule has 0 saturated carbocycles. The highest BCUT2D eigenvalue weighted by Gasteiger charge is 2.09. The van der Waals surface area contributed by atoms with Gasteiger partial charge in [-0.05, 0) is 28.1 Å². The molecule has 2 aromatic heterocycles. The van der Waals surface area contributed by atoms with Gasteiger partial charge in [0.05, 0.1) is 5.69 Å². The number of rotatable bonds is 4. The summed E-state index contributed by atoms with van der Waals surface area (Å²) in [6.07, 6.45) is 2.22. The van der Waals surface area contributed by atoms with Crippen molar-refractivity contribution >= 4 is 21.8 Å². The maximum absolute atomic E-state index is 11.6. The van der Waals surface area contributed by atoms with Gasteiger partial charge in [-0.1, -0.05) is 0 Å². The zero-order chi connectivity index (χ0) is 12.3. The summed E-state index contributed by atoms with van der Waals surface area (Å²) in [5.41, 5.74) is 0.823. The molecule has 6 heteroatoms. The van der Waals surface area contributed by atoms with Crippen LogP contribution in [0.4, 0.5) is 0 Å². The Balaban J connectivity index is 1.81. The second-order valence-electron chi connectivity index (χ2n) is 3.47. The fourth-order valence-corrected chi connectivity index (χ4v) is 1.66. The predicted octanol–water partition coefficient (Wildman–Crippen LogP) is 2.31. The molecule has 0 aromatic carbocycles. The lowest BCUT2D eigenvalue weighted by atomic mass is 10.3. The summed E-state index contributed by atoms with van der Waals surface area (Å²) in [7, 11) is 0. The molecule has 2 heterocycles. The van der Waals surface area contributed by atoms with Gasteiger partial charge in [0.1, 0.15) is 6.26 Å². The number of nitrogens with one attached hydrogen (secondary N) is 1. The van der Waals surface area contributed by atoms with Crippen molar-refractivity contribution < 1.29 is 13.6 Å². The van der Waals surface area contributed by atoms with Gasteiger partial charge in [-0.2, -0.15) is 0 Å². The summed E-state index contributed by atoms with van der Waals surface area (Å²) in [6, 6.07) is 3.29. The highest BCUT2D eigenvalue weighted by Crippen LogP contribution is 2.13. The van der Waals surface area contributed by atoms with Crippen LogP contribution in [-0.4, -0.2) is 17.4 Å². The molecule has 2 aromatic rings. The third-order valence-corrected chi connectivity index (χ3v) is 2.56. The van der Waals surface area contributed by atoms with Crippen molar-refractivity contribution in [3.8, 4) is 0 Å². The van der Waals surface area contributed by atoms with E-state index in [0.29, 0.717) is 23.5 Å². The monoisotopic (exact) mass is 298 g/mol. The molecule has 0 bridgehead atoms. The molecule has 0 unspecified atom stereocenters. The second-order valence-corrected chi connectivity index (χ2v) is 4.25. The number of carbonyl (C=O) groups is 1. The zero-order valence-electron chi connectivity index (χ0n) is 9.20. The Kier molecular flexibility index (Phi) is 3.63. The van der Waals surface area contributed by atoms with Gasteiger partial charge in [-0.25, -0.2) is 4.98 Å². The van der Waals surface area contributed by atoms with Gasteiger partial charge in [0.25, 0.3) is 5.91 Å². The Labute approximate surface area is 106 Å². The van der Waals surface area contributed by atoms with E-state index in [9.17, 15) is 4.79 Å². The number of hydrogen-bond acceptors (Lipinski definition) is 4. The van der Waals surface area contributed by atoms with Gasteiger partial charge in [0, 0.05) is 19.9 Å². The van der Waals surface area contributed by atoms with E-state index in [1.165, 1.54) is 0 Å². The molecule has 17 heavy (non-hydrogen) atoms. The largest absolute Gasteiger partial charge is 0.449 e. The number of aryl methyl sites for hydroxylation is 1. The third-order valence-electron chi connectivity index (χ3n) is 2.13. The molecule has 0 aliphatic carbocycles. The van der Waals surface area contributed by atoms with Crippen LogP contribution in [0.3, 0.4) is 0 Å². The Hall–Kier alpha value is -1.56. The molecule has 1 amide bonds. The number of nitrogens with zero attached hydrogens (tertiary/aromatic N) is 1. The summed E-state index contributed by atoms with van der Waals surface area (Å²) in [5, 5.41) is 2.73. The van der Waals surface area contributed by atoms with E-state index in [4.69, 9.17) is 8.83 Å². The molecule has 90 valence electrons. The summed E-state index contributed by atoms with van der Waals surface area (Å²) >= 11 is 3.14. The number of halogens is 1. The maximum atomic E-state index is 11.6. The molecule has 0 aliphatic rings. The van der Waals surface area contributed by atoms with Gasteiger partial charge in [0.2, 0.25) is 0 Å². The van der Waals surface area contributed by atoms with E-state index in [0.717, 1.165) is 5.69 Å². The summed E-state index contributed by atoms with van der Waals surface area (Å²) in [6.45, 7) is 2.27. The fraction of sp³-hybridized carbons (Fsp3) is 0.273. The maximum Gasteiger partial charge on any atom is 0.287 e. The van der Waals surface area contributed by atoms with E-state index >= 15 is 0 Å². The average molecular weight is 299 g/mol. The molecule has 0 aliphatic heterocycles. The van der Waals surface area contributed by atoms with Gasteiger partial charge < -0.3 is 14.2 Å². The summed E-state index contributed by atoms with van der Waals surface area (Å²) < 4.78 is 10.7. The molecule has 0 radical (unpaired) electrons. The van der Waals surface area contributed by atoms with Crippen molar-refractivity contribution in [2.24, 2.45) is 0 Å². The minimum absolute atomic E-state index is 0.240. The molecule has 0 atom stereocenters. The van der Waals surface area contributed by atoms with Crippen LogP contribution in [0.2, 0.25) is 0 Å². The number of hydrogen-bond donors (Lipinski definition) is 1. The molecule has 0 spiro atoms. The quantitative estimate of drug-likeness (QED) is 0.940. The van der Waals surface area contributed by atoms with Crippen molar-refractivity contribution in [2.75, 3.05) is 6.54 Å². The lowest BCUT2D eigenvalue weighted by Gasteiger charge is -2.00. The first-order valence-corrected chi connectivity index (χ1v) is 5.89. The number of carbonyl (C=O) groups excluding carboxylic acids is 1. The first kappa shape index (κ1) is 11.9. The van der Waals surface area contributed by atoms with Gasteiger partial charge in [-0.15, -0.1) is 0 Å². The normalized spacial score (nSPS) is 10.5. The van der Waals surface area contributed by atoms with E-state index in [1.807, 2.05) is 0 Å². The molecule has 2 rings (SSSR count). The highest BCUT2D eigenvalue weighted by atomic mass is 79.9. The van der Waals surface area contributed by atoms with E-state index in [-0.39, 0.29) is 11.7 Å². The Morgan fingerprint density at radius 1 is 1.53 bits per heavy atom. The van der Waals surface area contributed by atoms with Crippen LogP contribution in [0, 0.1) is 6.92 Å². The first-order chi connectivity index (χ1) is 8.15. The standard InChI is InChI=1S/C11H11BrN2O3/c1-7-14-8(6-16-7)4-5-13-11(15)9-2-3-10(12)17-9/h2-3,6H,4-5H2,1H3,(H,13,15). The average Bonchev–Trinajstić information content (AvgIpc) is 2.88. The van der Waals surface area contributed by atoms with Crippen molar-refractivity contribution in [1.29, 1.82) is 0 Å². The minimum atomic E-state index is -0.240. The fourth-order valence-electron chi connectivity index (χ4n) is 1.35. The Morgan fingerprint density at radius 3 is 2.94 bits per heavy atom. The molecule has 5 nitrogen and oxygen atoms in total. The zero-order valence-corrected chi connectivity index (χ0v) is 10.8. The first-order valence-electron chi connectivity index (χ1n) is 5.09. The molecular weight excluding hydrogens is 288 g/mol. The second kappa shape index (κ2) is 5.18. The molecule has 1 N–H and O–H groups in total. The third kappa shape index (κ3) is 3.20. The summed E-state index contributed by atoms with van der Waals surface area (Å²) in [5.74, 6) is 0.672. The van der Waals surface area contributed by atoms with E-state index in [2.05, 4.69) is 26.2 Å². The van der Waals surface area contributed by atoms with E-state index in [1.54, 1.807) is 25.3 Å². The number of oxazole rings is 1. The smallest absolute Gasteiger partial charge is 0.287 e. The molecule has 0 fully saturated rings. The van der Waals surface area contributed by atoms with Crippen LogP contribution in [0.15, 0.2) is 31.9 Å². The van der Waals surface area contributed by atoms with Gasteiger partial charge >= 0.3 is 0 Å². The Morgan fingerprint density at radius 2 is 2.35 bits per heavy atom. The lowest BCUT2D eigenvalue weighted by molar-refractivity contribution is 0.0925. The number of amides is 1. The van der Waals surface area contributed by atoms with Crippen LogP contribution >= 0.6 is 15.9 Å². The van der Waals surface area contributed by atoms with Crippen LogP contribution < -0.4 is 5.32 Å². The van der Waals surface area contributed by atoms with Crippen molar-refractivity contribution in [2.45, 2.75) is 13.3 Å². The van der Waals surface area contributed by atoms with Crippen LogP contribution in [0.25, 0.3) is 0 Å². The van der Waals surface area contributed by atoms with Crippen LogP contribution in [0.5, 0.6) is 0 Å². The molecular formula is C11H11BrN2O3. The lowest BCUT2D eigenvalue weighted by Crippen LogP contribution is -2.25. The van der Waals surface area contributed by atoms with Crippen LogP contribution in [-0.2, 0) is 6.42 Å². The number of furan rings is 1. The van der Waals surface area contributed by atoms with Gasteiger partial charge in [0.15, 0.2) is 16.3 Å². The van der Waals surface area contributed by atoms with Crippen molar-refractivity contribution in [3.63, 3.8) is 0 Å². The number of aromatic nitrogens is 1. The van der Waals surface area contributed by atoms with Crippen molar-refractivity contribution in [1.82, 2.24) is 10.3 Å². The van der Waals surface area contributed by atoms with E-state index < -0.39 is 0 Å². The van der Waals surface area contributed by atoms with Crippen LogP contribution in [0.1, 0.15) is 22.1 Å².